The third-order valence-electron chi connectivity index (χ3n) is 5.75. The van der Waals surface area contributed by atoms with Crippen molar-refractivity contribution in [3.63, 3.8) is 0 Å². The molecule has 0 aliphatic carbocycles. The number of methoxy groups -OCH3 is 2. The second-order valence-electron chi connectivity index (χ2n) is 7.06. The van der Waals surface area contributed by atoms with E-state index in [9.17, 15) is 4.79 Å². The number of hydrogen-bond donors (Lipinski definition) is 0. The summed E-state index contributed by atoms with van der Waals surface area (Å²) in [6, 6.07) is 5.02. The fourth-order valence-corrected chi connectivity index (χ4v) is 4.34. The van der Waals surface area contributed by atoms with Gasteiger partial charge in [0, 0.05) is 38.1 Å². The molecule has 5 nitrogen and oxygen atoms in total. The van der Waals surface area contributed by atoms with Crippen LogP contribution in [0, 0.1) is 0 Å². The van der Waals surface area contributed by atoms with E-state index in [4.69, 9.17) is 9.47 Å². The number of rotatable bonds is 4. The number of likely N-dealkylation sites (tertiary alicyclic amines) is 1. The Morgan fingerprint density at radius 1 is 1.20 bits per heavy atom. The van der Waals surface area contributed by atoms with E-state index in [0.29, 0.717) is 18.5 Å². The largest absolute Gasteiger partial charge is 0.493 e. The summed E-state index contributed by atoms with van der Waals surface area (Å²) in [6.07, 6.45) is 3.87. The molecule has 2 heterocycles. The number of fused-ring (bicyclic) bond motifs is 1. The van der Waals surface area contributed by atoms with Gasteiger partial charge < -0.3 is 14.4 Å². The average Bonchev–Trinajstić information content (AvgIpc) is 2.66. The third-order valence-corrected chi connectivity index (χ3v) is 5.75. The van der Waals surface area contributed by atoms with Gasteiger partial charge in [-0.2, -0.15) is 0 Å². The summed E-state index contributed by atoms with van der Waals surface area (Å²) in [6.45, 7) is 7.02. The highest BCUT2D eigenvalue weighted by molar-refractivity contribution is 5.75. The van der Waals surface area contributed by atoms with Gasteiger partial charge in [0.25, 0.3) is 0 Å². The molecule has 0 aromatic heterocycles. The van der Waals surface area contributed by atoms with Gasteiger partial charge in [0.1, 0.15) is 0 Å². The minimum Gasteiger partial charge on any atom is -0.493 e. The first-order valence-electron chi connectivity index (χ1n) is 9.37. The van der Waals surface area contributed by atoms with Gasteiger partial charge >= 0.3 is 0 Å². The van der Waals surface area contributed by atoms with Crippen molar-refractivity contribution in [3.8, 4) is 11.5 Å². The van der Waals surface area contributed by atoms with Crippen LogP contribution < -0.4 is 9.47 Å². The van der Waals surface area contributed by atoms with E-state index in [1.54, 1.807) is 14.2 Å². The van der Waals surface area contributed by atoms with E-state index < -0.39 is 0 Å². The van der Waals surface area contributed by atoms with Crippen LogP contribution in [0.15, 0.2) is 12.1 Å². The van der Waals surface area contributed by atoms with Gasteiger partial charge in [-0.25, -0.2) is 0 Å². The number of carbonyl (C=O) groups excluding carboxylic acids is 1. The second kappa shape index (κ2) is 7.65. The quantitative estimate of drug-likeness (QED) is 0.840. The second-order valence-corrected chi connectivity index (χ2v) is 7.06. The fraction of sp³-hybridized carbons (Fsp3) is 0.650. The third kappa shape index (κ3) is 3.47. The van der Waals surface area contributed by atoms with Crippen molar-refractivity contribution in [1.29, 1.82) is 0 Å². The van der Waals surface area contributed by atoms with E-state index in [-0.39, 0.29) is 5.91 Å². The van der Waals surface area contributed by atoms with Crippen molar-refractivity contribution in [3.05, 3.63) is 23.3 Å². The Morgan fingerprint density at radius 2 is 1.92 bits per heavy atom. The van der Waals surface area contributed by atoms with Crippen LogP contribution >= 0.6 is 0 Å². The predicted molar refractivity (Wildman–Crippen MR) is 98.3 cm³/mol. The van der Waals surface area contributed by atoms with E-state index >= 15 is 0 Å². The summed E-state index contributed by atoms with van der Waals surface area (Å²) in [4.78, 5) is 16.7. The van der Waals surface area contributed by atoms with Gasteiger partial charge in [-0.1, -0.05) is 6.92 Å². The molecule has 1 amide bonds. The number of ether oxygens (including phenoxy) is 2. The number of hydrogen-bond acceptors (Lipinski definition) is 4. The van der Waals surface area contributed by atoms with Gasteiger partial charge in [-0.3, -0.25) is 9.69 Å². The normalized spacial score (nSPS) is 23.9. The molecular weight excluding hydrogens is 316 g/mol. The van der Waals surface area contributed by atoms with Crippen LogP contribution in [-0.4, -0.2) is 55.6 Å². The fourth-order valence-electron chi connectivity index (χ4n) is 4.34. The molecule has 1 aromatic carbocycles. The minimum absolute atomic E-state index is 0.279. The Bertz CT molecular complexity index is 632. The Balaban J connectivity index is 1.81. The summed E-state index contributed by atoms with van der Waals surface area (Å²) in [5.74, 6) is 1.88. The molecule has 1 aromatic rings. The molecule has 2 atom stereocenters. The van der Waals surface area contributed by atoms with Crippen molar-refractivity contribution in [2.75, 3.05) is 33.9 Å². The molecule has 2 aliphatic heterocycles. The van der Waals surface area contributed by atoms with Gasteiger partial charge in [0.15, 0.2) is 11.5 Å². The lowest BCUT2D eigenvalue weighted by Gasteiger charge is -2.45. The number of benzene rings is 1. The first kappa shape index (κ1) is 18.1. The lowest BCUT2D eigenvalue weighted by Crippen LogP contribution is -2.51. The molecule has 138 valence electrons. The monoisotopic (exact) mass is 346 g/mol. The van der Waals surface area contributed by atoms with Crippen LogP contribution in [0.1, 0.15) is 50.3 Å². The molecule has 0 unspecified atom stereocenters. The van der Waals surface area contributed by atoms with Crippen LogP contribution in [0.2, 0.25) is 0 Å². The predicted octanol–water partition coefficient (Wildman–Crippen LogP) is 3.02. The smallest absolute Gasteiger partial charge is 0.222 e. The number of piperidine rings is 1. The minimum atomic E-state index is 0.279. The summed E-state index contributed by atoms with van der Waals surface area (Å²) >= 11 is 0. The lowest BCUT2D eigenvalue weighted by atomic mass is 9.90. The highest BCUT2D eigenvalue weighted by Crippen LogP contribution is 2.39. The van der Waals surface area contributed by atoms with Gasteiger partial charge in [-0.05, 0) is 49.4 Å². The topological polar surface area (TPSA) is 42.0 Å². The molecule has 1 fully saturated rings. The Kier molecular flexibility index (Phi) is 5.52. The summed E-state index contributed by atoms with van der Waals surface area (Å²) in [5.41, 5.74) is 2.67. The summed E-state index contributed by atoms with van der Waals surface area (Å²) in [5, 5.41) is 0. The number of nitrogens with zero attached hydrogens (tertiary/aromatic N) is 2. The molecule has 5 heteroatoms. The van der Waals surface area contributed by atoms with Crippen molar-refractivity contribution in [1.82, 2.24) is 9.80 Å². The zero-order chi connectivity index (χ0) is 18.0. The first-order chi connectivity index (χ1) is 12.1. The Labute approximate surface area is 150 Å². The van der Waals surface area contributed by atoms with Crippen molar-refractivity contribution >= 4 is 5.91 Å². The van der Waals surface area contributed by atoms with Gasteiger partial charge in [0.2, 0.25) is 5.91 Å². The Hall–Kier alpha value is -1.75. The Morgan fingerprint density at radius 3 is 2.60 bits per heavy atom. The van der Waals surface area contributed by atoms with Crippen LogP contribution in [-0.2, 0) is 11.2 Å². The highest BCUT2D eigenvalue weighted by atomic mass is 16.5. The van der Waals surface area contributed by atoms with Crippen LogP contribution in [0.4, 0.5) is 0 Å². The maximum atomic E-state index is 12.1. The maximum absolute atomic E-state index is 12.1. The van der Waals surface area contributed by atoms with Gasteiger partial charge in [-0.15, -0.1) is 0 Å². The van der Waals surface area contributed by atoms with E-state index in [1.807, 2.05) is 11.8 Å². The van der Waals surface area contributed by atoms with Crippen LogP contribution in [0.25, 0.3) is 0 Å². The molecule has 1 saturated heterocycles. The van der Waals surface area contributed by atoms with Crippen molar-refractivity contribution < 1.29 is 14.3 Å². The first-order valence-corrected chi connectivity index (χ1v) is 9.37. The molecule has 25 heavy (non-hydrogen) atoms. The average molecular weight is 346 g/mol. The van der Waals surface area contributed by atoms with E-state index in [2.05, 4.69) is 24.0 Å². The van der Waals surface area contributed by atoms with E-state index in [1.165, 1.54) is 17.5 Å². The lowest BCUT2D eigenvalue weighted by molar-refractivity contribution is -0.133. The molecule has 3 rings (SSSR count). The SMILES string of the molecule is CCC(=O)N1CCC[C@@H](N2CCc3cc(OC)c(OC)cc3[C@@H]2C)C1. The number of amides is 1. The van der Waals surface area contributed by atoms with Gasteiger partial charge in [0.05, 0.1) is 14.2 Å². The molecule has 0 spiro atoms. The highest BCUT2D eigenvalue weighted by Gasteiger charge is 2.33. The number of carbonyl (C=O) groups is 1. The van der Waals surface area contributed by atoms with Crippen LogP contribution in [0.3, 0.4) is 0 Å². The zero-order valence-corrected chi connectivity index (χ0v) is 15.9. The summed E-state index contributed by atoms with van der Waals surface area (Å²) in [7, 11) is 3.37. The molecule has 0 saturated carbocycles. The van der Waals surface area contributed by atoms with E-state index in [0.717, 1.165) is 44.0 Å². The molecule has 0 bridgehead atoms. The molecule has 2 aliphatic rings. The molecule has 0 N–H and O–H groups in total. The maximum Gasteiger partial charge on any atom is 0.222 e. The van der Waals surface area contributed by atoms with Crippen molar-refractivity contribution in [2.45, 2.75) is 51.6 Å². The van der Waals surface area contributed by atoms with Crippen LogP contribution in [0.5, 0.6) is 11.5 Å². The zero-order valence-electron chi connectivity index (χ0n) is 15.9. The van der Waals surface area contributed by atoms with Crippen molar-refractivity contribution in [2.24, 2.45) is 0 Å². The standard InChI is InChI=1S/C20H30N2O3/c1-5-20(23)21-9-6-7-16(13-21)22-10-8-15-11-18(24-3)19(25-4)12-17(15)14(22)2/h11-12,14,16H,5-10,13H2,1-4H3/t14-,16+/m0/s1. The molecular formula is C20H30N2O3. The molecule has 0 radical (unpaired) electrons. The summed E-state index contributed by atoms with van der Waals surface area (Å²) < 4.78 is 10.9.